The minimum atomic E-state index is -0.0132. The lowest BCUT2D eigenvalue weighted by molar-refractivity contribution is 0.245. The first-order valence-corrected chi connectivity index (χ1v) is 8.03. The van der Waals surface area contributed by atoms with Crippen molar-refractivity contribution in [1.29, 1.82) is 0 Å². The summed E-state index contributed by atoms with van der Waals surface area (Å²) in [5.74, 6) is 0. The van der Waals surface area contributed by atoms with Gasteiger partial charge in [0.2, 0.25) is 0 Å². The van der Waals surface area contributed by atoms with Crippen molar-refractivity contribution >= 4 is 23.1 Å². The van der Waals surface area contributed by atoms with E-state index >= 15 is 0 Å². The number of hydrogen-bond donors (Lipinski definition) is 1. The molecule has 0 radical (unpaired) electrons. The summed E-state index contributed by atoms with van der Waals surface area (Å²) in [6.07, 6.45) is 3.59. The molecule has 0 bridgehead atoms. The highest BCUT2D eigenvalue weighted by Crippen LogP contribution is 2.31. The topological polar surface area (TPSA) is 45.2 Å². The van der Waals surface area contributed by atoms with Crippen molar-refractivity contribution in [3.8, 4) is 0 Å². The molecule has 21 heavy (non-hydrogen) atoms. The number of rotatable bonds is 3. The summed E-state index contributed by atoms with van der Waals surface area (Å²) in [7, 11) is 0. The number of para-hydroxylation sites is 1. The van der Waals surface area contributed by atoms with Crippen molar-refractivity contribution < 1.29 is 4.79 Å². The fourth-order valence-electron chi connectivity index (χ4n) is 2.75. The van der Waals surface area contributed by atoms with Crippen LogP contribution in [0.5, 0.6) is 0 Å². The number of amides is 2. The van der Waals surface area contributed by atoms with Crippen molar-refractivity contribution in [3.05, 3.63) is 45.9 Å². The van der Waals surface area contributed by atoms with E-state index in [1.807, 2.05) is 36.2 Å². The van der Waals surface area contributed by atoms with Crippen molar-refractivity contribution in [2.24, 2.45) is 0 Å². The molecule has 110 valence electrons. The van der Waals surface area contributed by atoms with Crippen LogP contribution in [0.2, 0.25) is 0 Å². The van der Waals surface area contributed by atoms with E-state index in [0.717, 1.165) is 23.5 Å². The Morgan fingerprint density at radius 1 is 1.48 bits per heavy atom. The van der Waals surface area contributed by atoms with Gasteiger partial charge in [-0.2, -0.15) is 0 Å². The summed E-state index contributed by atoms with van der Waals surface area (Å²) >= 11 is 1.68. The molecule has 1 aromatic heterocycles. The molecule has 0 fully saturated rings. The second-order valence-electron chi connectivity index (χ2n) is 5.40. The molecule has 0 aliphatic carbocycles. The maximum atomic E-state index is 12.4. The Hall–Kier alpha value is -1.88. The highest BCUT2D eigenvalue weighted by Gasteiger charge is 2.30. The van der Waals surface area contributed by atoms with Crippen LogP contribution in [0, 0.1) is 6.92 Å². The first-order chi connectivity index (χ1) is 10.1. The number of carbonyl (C=O) groups is 1. The maximum absolute atomic E-state index is 12.4. The van der Waals surface area contributed by atoms with Crippen LogP contribution >= 0.6 is 11.3 Å². The second kappa shape index (κ2) is 5.85. The van der Waals surface area contributed by atoms with Crippen LogP contribution in [0.3, 0.4) is 0 Å². The third-order valence-corrected chi connectivity index (χ3v) is 4.68. The lowest BCUT2D eigenvalue weighted by Crippen LogP contribution is -2.43. The number of carbonyl (C=O) groups excluding carboxylic acids is 1. The van der Waals surface area contributed by atoms with Gasteiger partial charge in [0.25, 0.3) is 0 Å². The van der Waals surface area contributed by atoms with Crippen LogP contribution < -0.4 is 10.2 Å². The van der Waals surface area contributed by atoms with E-state index in [1.54, 1.807) is 11.3 Å². The van der Waals surface area contributed by atoms with Gasteiger partial charge < -0.3 is 5.32 Å². The largest absolute Gasteiger partial charge is 0.337 e. The number of anilines is 1. The molecule has 2 heterocycles. The summed E-state index contributed by atoms with van der Waals surface area (Å²) in [6, 6.07) is 8.32. The lowest BCUT2D eigenvalue weighted by Gasteiger charge is -2.23. The Balaban J connectivity index is 1.60. The lowest BCUT2D eigenvalue weighted by atomic mass is 10.1. The van der Waals surface area contributed by atoms with Gasteiger partial charge in [-0.25, -0.2) is 9.78 Å². The average Bonchev–Trinajstić information content (AvgIpc) is 3.01. The Labute approximate surface area is 128 Å². The van der Waals surface area contributed by atoms with E-state index in [4.69, 9.17) is 0 Å². The van der Waals surface area contributed by atoms with Crippen LogP contribution in [0.25, 0.3) is 0 Å². The summed E-state index contributed by atoms with van der Waals surface area (Å²) in [4.78, 5) is 19.8. The molecule has 0 saturated carbocycles. The van der Waals surface area contributed by atoms with Crippen molar-refractivity contribution in [2.45, 2.75) is 32.7 Å². The molecule has 1 aliphatic rings. The highest BCUT2D eigenvalue weighted by molar-refractivity contribution is 7.11. The predicted molar refractivity (Wildman–Crippen MR) is 86.0 cm³/mol. The average molecular weight is 301 g/mol. The number of nitrogens with zero attached hydrogens (tertiary/aromatic N) is 2. The molecule has 5 heteroatoms. The molecule has 1 atom stereocenters. The third kappa shape index (κ3) is 2.93. The Morgan fingerprint density at radius 2 is 2.29 bits per heavy atom. The van der Waals surface area contributed by atoms with E-state index in [2.05, 4.69) is 23.3 Å². The van der Waals surface area contributed by atoms with E-state index in [1.165, 1.54) is 10.4 Å². The van der Waals surface area contributed by atoms with Crippen LogP contribution in [-0.4, -0.2) is 23.6 Å². The maximum Gasteiger partial charge on any atom is 0.322 e. The summed E-state index contributed by atoms with van der Waals surface area (Å²) in [6.45, 7) is 4.75. The van der Waals surface area contributed by atoms with Gasteiger partial charge in [-0.15, -0.1) is 11.3 Å². The second-order valence-corrected chi connectivity index (χ2v) is 6.72. The van der Waals surface area contributed by atoms with Gasteiger partial charge in [-0.05, 0) is 31.9 Å². The van der Waals surface area contributed by atoms with Crippen molar-refractivity contribution in [2.75, 3.05) is 11.4 Å². The quantitative estimate of drug-likeness (QED) is 0.946. The molecule has 4 nitrogen and oxygen atoms in total. The molecule has 2 amide bonds. The molecule has 1 aliphatic heterocycles. The van der Waals surface area contributed by atoms with Gasteiger partial charge in [0.1, 0.15) is 0 Å². The first kappa shape index (κ1) is 14.1. The van der Waals surface area contributed by atoms with Crippen LogP contribution in [0.15, 0.2) is 30.5 Å². The Kier molecular flexibility index (Phi) is 3.92. The molecule has 1 N–H and O–H groups in total. The van der Waals surface area contributed by atoms with Gasteiger partial charge in [-0.1, -0.05) is 18.2 Å². The van der Waals surface area contributed by atoms with Gasteiger partial charge >= 0.3 is 6.03 Å². The number of benzene rings is 1. The Bertz CT molecular complexity index is 652. The molecule has 0 spiro atoms. The van der Waals surface area contributed by atoms with E-state index in [9.17, 15) is 4.79 Å². The smallest absolute Gasteiger partial charge is 0.322 e. The van der Waals surface area contributed by atoms with Gasteiger partial charge in [0.05, 0.1) is 5.01 Å². The third-order valence-electron chi connectivity index (χ3n) is 3.71. The van der Waals surface area contributed by atoms with Crippen LogP contribution in [-0.2, 0) is 12.8 Å². The van der Waals surface area contributed by atoms with E-state index in [-0.39, 0.29) is 12.1 Å². The van der Waals surface area contributed by atoms with Gasteiger partial charge in [-0.3, -0.25) is 4.90 Å². The summed E-state index contributed by atoms with van der Waals surface area (Å²) in [5, 5.41) is 4.08. The number of nitrogens with one attached hydrogen (secondary N) is 1. The molecular weight excluding hydrogens is 282 g/mol. The molecular formula is C16H19N3OS. The number of hydrogen-bond acceptors (Lipinski definition) is 3. The zero-order chi connectivity index (χ0) is 14.8. The summed E-state index contributed by atoms with van der Waals surface area (Å²) < 4.78 is 0. The van der Waals surface area contributed by atoms with Crippen molar-refractivity contribution in [1.82, 2.24) is 10.3 Å². The van der Waals surface area contributed by atoms with Gasteiger partial charge in [0, 0.05) is 35.8 Å². The predicted octanol–water partition coefficient (Wildman–Crippen LogP) is 3.15. The SMILES string of the molecule is Cc1cnc(CCNC(=O)N2c3ccccc3C[C@H]2C)s1. The first-order valence-electron chi connectivity index (χ1n) is 7.21. The normalized spacial score (nSPS) is 16.9. The molecule has 0 saturated heterocycles. The molecule has 0 unspecified atom stereocenters. The minimum Gasteiger partial charge on any atom is -0.337 e. The fraction of sp³-hybridized carbons (Fsp3) is 0.375. The standard InChI is InChI=1S/C16H19N3OS/c1-11-9-13-5-3-4-6-14(13)19(11)16(20)17-8-7-15-18-10-12(2)21-15/h3-6,10-11H,7-9H2,1-2H3,(H,17,20)/t11-/m1/s1. The minimum absolute atomic E-state index is 0.0132. The highest BCUT2D eigenvalue weighted by atomic mass is 32.1. The molecule has 1 aromatic carbocycles. The fourth-order valence-corrected chi connectivity index (χ4v) is 3.54. The number of aromatic nitrogens is 1. The molecule has 3 rings (SSSR count). The molecule has 2 aromatic rings. The number of fused-ring (bicyclic) bond motifs is 1. The summed E-state index contributed by atoms with van der Waals surface area (Å²) in [5.41, 5.74) is 2.28. The van der Waals surface area contributed by atoms with E-state index in [0.29, 0.717) is 6.54 Å². The van der Waals surface area contributed by atoms with Crippen LogP contribution in [0.4, 0.5) is 10.5 Å². The Morgan fingerprint density at radius 3 is 3.05 bits per heavy atom. The number of urea groups is 1. The number of thiazole rings is 1. The monoisotopic (exact) mass is 301 g/mol. The van der Waals surface area contributed by atoms with E-state index < -0.39 is 0 Å². The van der Waals surface area contributed by atoms with Crippen LogP contribution in [0.1, 0.15) is 22.4 Å². The number of aryl methyl sites for hydroxylation is 1. The zero-order valence-electron chi connectivity index (χ0n) is 12.3. The van der Waals surface area contributed by atoms with Crippen molar-refractivity contribution in [3.63, 3.8) is 0 Å². The van der Waals surface area contributed by atoms with Gasteiger partial charge in [0.15, 0.2) is 0 Å². The zero-order valence-corrected chi connectivity index (χ0v) is 13.1.